The highest BCUT2D eigenvalue weighted by Crippen LogP contribution is 2.12. The molecular weight excluding hydrogens is 262 g/mol. The summed E-state index contributed by atoms with van der Waals surface area (Å²) < 4.78 is 0. The third-order valence-electron chi connectivity index (χ3n) is 2.28. The van der Waals surface area contributed by atoms with Crippen molar-refractivity contribution in [2.75, 3.05) is 20.1 Å². The maximum absolute atomic E-state index is 11.5. The molecular formula is C13H25N3O4. The van der Waals surface area contributed by atoms with E-state index in [1.807, 2.05) is 27.7 Å². The molecule has 0 saturated carbocycles. The lowest BCUT2D eigenvalue weighted by Gasteiger charge is -2.25. The number of rotatable bonds is 5. The van der Waals surface area contributed by atoms with Gasteiger partial charge in [0.25, 0.3) is 11.8 Å². The van der Waals surface area contributed by atoms with Crippen molar-refractivity contribution in [3.63, 3.8) is 0 Å². The van der Waals surface area contributed by atoms with E-state index in [4.69, 9.17) is 10.6 Å². The van der Waals surface area contributed by atoms with E-state index in [-0.39, 0.29) is 19.4 Å². The molecule has 7 heteroatoms. The zero-order chi connectivity index (χ0) is 15.9. The molecule has 1 fully saturated rings. The Morgan fingerprint density at radius 2 is 1.75 bits per heavy atom. The van der Waals surface area contributed by atoms with Gasteiger partial charge >= 0.3 is 5.97 Å². The molecule has 2 N–H and O–H groups in total. The van der Waals surface area contributed by atoms with Crippen LogP contribution >= 0.6 is 0 Å². The topological polar surface area (TPSA) is 92.9 Å². The van der Waals surface area contributed by atoms with Gasteiger partial charge < -0.3 is 10.6 Å². The van der Waals surface area contributed by atoms with Gasteiger partial charge in [-0.05, 0) is 20.9 Å². The second-order valence-corrected chi connectivity index (χ2v) is 5.21. The SMILES string of the molecule is CC.CN(CC(=O)ON1C(=O)CCC1=O)CC(C)(C)N. The summed E-state index contributed by atoms with van der Waals surface area (Å²) >= 11 is 0. The molecule has 7 nitrogen and oxygen atoms in total. The maximum Gasteiger partial charge on any atom is 0.347 e. The molecule has 116 valence electrons. The monoisotopic (exact) mass is 287 g/mol. The van der Waals surface area contributed by atoms with Crippen LogP contribution in [0.3, 0.4) is 0 Å². The van der Waals surface area contributed by atoms with E-state index in [1.54, 1.807) is 11.9 Å². The molecule has 2 amide bonds. The average Bonchev–Trinajstić information content (AvgIpc) is 2.60. The Labute approximate surface area is 120 Å². The first-order chi connectivity index (χ1) is 9.19. The zero-order valence-corrected chi connectivity index (χ0v) is 12.9. The van der Waals surface area contributed by atoms with Gasteiger partial charge in [0.15, 0.2) is 0 Å². The average molecular weight is 287 g/mol. The summed E-state index contributed by atoms with van der Waals surface area (Å²) in [6.45, 7) is 8.13. The van der Waals surface area contributed by atoms with Gasteiger partial charge in [0.2, 0.25) is 0 Å². The van der Waals surface area contributed by atoms with Crippen LogP contribution in [0.5, 0.6) is 0 Å². The van der Waals surface area contributed by atoms with Gasteiger partial charge in [-0.15, -0.1) is 5.06 Å². The van der Waals surface area contributed by atoms with Crippen LogP contribution in [0.25, 0.3) is 0 Å². The van der Waals surface area contributed by atoms with Crippen LogP contribution in [0.15, 0.2) is 0 Å². The van der Waals surface area contributed by atoms with Gasteiger partial charge in [0.05, 0.1) is 6.54 Å². The Kier molecular flexibility index (Phi) is 7.38. The fourth-order valence-electron chi connectivity index (χ4n) is 1.76. The molecule has 1 saturated heterocycles. The number of carbonyl (C=O) groups is 3. The molecule has 1 rings (SSSR count). The summed E-state index contributed by atoms with van der Waals surface area (Å²) in [5.74, 6) is -1.60. The predicted molar refractivity (Wildman–Crippen MR) is 74.3 cm³/mol. The fourth-order valence-corrected chi connectivity index (χ4v) is 1.76. The Hall–Kier alpha value is -1.47. The predicted octanol–water partition coefficient (Wildman–Crippen LogP) is 0.289. The van der Waals surface area contributed by atoms with Crippen LogP contribution in [-0.4, -0.2) is 53.4 Å². The van der Waals surface area contributed by atoms with E-state index in [1.165, 1.54) is 0 Å². The van der Waals surface area contributed by atoms with Crippen molar-refractivity contribution in [3.05, 3.63) is 0 Å². The van der Waals surface area contributed by atoms with Crippen LogP contribution in [0.1, 0.15) is 40.5 Å². The lowest BCUT2D eigenvalue weighted by Crippen LogP contribution is -2.46. The number of carbonyl (C=O) groups excluding carboxylic acids is 3. The third kappa shape index (κ3) is 6.63. The minimum Gasteiger partial charge on any atom is -0.329 e. The van der Waals surface area contributed by atoms with Crippen molar-refractivity contribution >= 4 is 17.8 Å². The molecule has 0 atom stereocenters. The Morgan fingerprint density at radius 1 is 1.30 bits per heavy atom. The number of amides is 2. The first kappa shape index (κ1) is 18.5. The van der Waals surface area contributed by atoms with Crippen molar-refractivity contribution in [2.24, 2.45) is 5.73 Å². The number of hydrogen-bond donors (Lipinski definition) is 1. The number of nitrogens with two attached hydrogens (primary N) is 1. The number of imide groups is 1. The zero-order valence-electron chi connectivity index (χ0n) is 12.9. The van der Waals surface area contributed by atoms with Crippen molar-refractivity contribution < 1.29 is 19.2 Å². The van der Waals surface area contributed by atoms with E-state index < -0.39 is 23.3 Å². The van der Waals surface area contributed by atoms with Crippen LogP contribution in [0.4, 0.5) is 0 Å². The second kappa shape index (κ2) is 7.96. The number of hydroxylamine groups is 2. The lowest BCUT2D eigenvalue weighted by molar-refractivity contribution is -0.198. The molecule has 0 aromatic rings. The first-order valence-electron chi connectivity index (χ1n) is 6.73. The Morgan fingerprint density at radius 3 is 2.15 bits per heavy atom. The van der Waals surface area contributed by atoms with Crippen molar-refractivity contribution in [1.29, 1.82) is 0 Å². The van der Waals surface area contributed by atoms with E-state index in [0.29, 0.717) is 11.6 Å². The summed E-state index contributed by atoms with van der Waals surface area (Å²) in [7, 11) is 1.71. The third-order valence-corrected chi connectivity index (χ3v) is 2.28. The molecule has 0 aliphatic carbocycles. The van der Waals surface area contributed by atoms with Crippen molar-refractivity contribution in [2.45, 2.75) is 46.1 Å². The maximum atomic E-state index is 11.5. The fraction of sp³-hybridized carbons (Fsp3) is 0.769. The van der Waals surface area contributed by atoms with E-state index >= 15 is 0 Å². The van der Waals surface area contributed by atoms with Gasteiger partial charge in [0.1, 0.15) is 0 Å². The van der Waals surface area contributed by atoms with Crippen molar-refractivity contribution in [1.82, 2.24) is 9.96 Å². The summed E-state index contributed by atoms with van der Waals surface area (Å²) in [4.78, 5) is 40.4. The molecule has 0 aromatic heterocycles. The summed E-state index contributed by atoms with van der Waals surface area (Å²) in [6, 6.07) is 0. The molecule has 20 heavy (non-hydrogen) atoms. The molecule has 0 unspecified atom stereocenters. The minimum absolute atomic E-state index is 0.0301. The largest absolute Gasteiger partial charge is 0.347 e. The minimum atomic E-state index is -0.648. The summed E-state index contributed by atoms with van der Waals surface area (Å²) in [5.41, 5.74) is 5.37. The smallest absolute Gasteiger partial charge is 0.329 e. The summed E-state index contributed by atoms with van der Waals surface area (Å²) in [5, 5.41) is 0.545. The van der Waals surface area contributed by atoms with Gasteiger partial charge in [0, 0.05) is 24.9 Å². The van der Waals surface area contributed by atoms with E-state index in [9.17, 15) is 14.4 Å². The highest BCUT2D eigenvalue weighted by atomic mass is 16.7. The molecule has 1 heterocycles. The highest BCUT2D eigenvalue weighted by Gasteiger charge is 2.33. The van der Waals surface area contributed by atoms with Crippen molar-refractivity contribution in [3.8, 4) is 0 Å². The molecule has 0 aromatic carbocycles. The molecule has 0 bridgehead atoms. The summed E-state index contributed by atoms with van der Waals surface area (Å²) in [6.07, 6.45) is 0.190. The molecule has 0 radical (unpaired) electrons. The van der Waals surface area contributed by atoms with Crippen LogP contribution in [-0.2, 0) is 19.2 Å². The van der Waals surface area contributed by atoms with E-state index in [0.717, 1.165) is 0 Å². The van der Waals surface area contributed by atoms with Gasteiger partial charge in [-0.1, -0.05) is 13.8 Å². The Balaban J connectivity index is 0.00000172. The highest BCUT2D eigenvalue weighted by molar-refractivity contribution is 6.01. The lowest BCUT2D eigenvalue weighted by atomic mass is 10.1. The van der Waals surface area contributed by atoms with Gasteiger partial charge in [-0.2, -0.15) is 0 Å². The number of hydrogen-bond acceptors (Lipinski definition) is 6. The number of nitrogens with zero attached hydrogens (tertiary/aromatic N) is 2. The van der Waals surface area contributed by atoms with Gasteiger partial charge in [-0.3, -0.25) is 14.5 Å². The second-order valence-electron chi connectivity index (χ2n) is 5.21. The molecule has 0 spiro atoms. The first-order valence-corrected chi connectivity index (χ1v) is 6.73. The molecule has 1 aliphatic rings. The van der Waals surface area contributed by atoms with E-state index in [2.05, 4.69) is 0 Å². The van der Waals surface area contributed by atoms with Gasteiger partial charge in [-0.25, -0.2) is 4.79 Å². The normalized spacial score (nSPS) is 15.2. The quantitative estimate of drug-likeness (QED) is 0.730. The standard InChI is InChI=1S/C11H19N3O4.C2H6/c1-11(2,12)7-13(3)6-10(17)18-14-8(15)4-5-9(14)16;1-2/h4-7,12H2,1-3H3;1-2H3. The number of likely N-dealkylation sites (N-methyl/N-ethyl adjacent to an activating group) is 1. The van der Waals surface area contributed by atoms with Crippen LogP contribution in [0, 0.1) is 0 Å². The van der Waals surface area contributed by atoms with Crippen LogP contribution < -0.4 is 5.73 Å². The van der Waals surface area contributed by atoms with Crippen LogP contribution in [0.2, 0.25) is 0 Å². The Bertz CT molecular complexity index is 347. The molecule has 1 aliphatic heterocycles.